The molecule has 0 aliphatic heterocycles. The number of hydrogen-bond acceptors (Lipinski definition) is 2. The molecule has 0 atom stereocenters. The van der Waals surface area contributed by atoms with E-state index in [4.69, 9.17) is 10.5 Å². The van der Waals surface area contributed by atoms with Gasteiger partial charge in [0.1, 0.15) is 5.75 Å². The van der Waals surface area contributed by atoms with Gasteiger partial charge in [-0.05, 0) is 36.5 Å². The summed E-state index contributed by atoms with van der Waals surface area (Å²) in [5.41, 5.74) is 6.55. The van der Waals surface area contributed by atoms with Crippen molar-refractivity contribution in [2.45, 2.75) is 12.8 Å². The van der Waals surface area contributed by atoms with Crippen molar-refractivity contribution in [2.24, 2.45) is 11.7 Å². The van der Waals surface area contributed by atoms with E-state index >= 15 is 0 Å². The molecule has 2 nitrogen and oxygen atoms in total. The predicted octanol–water partition coefficient (Wildman–Crippen LogP) is 2.45. The first-order valence-electron chi connectivity index (χ1n) is 5.48. The van der Waals surface area contributed by atoms with Crippen LogP contribution in [0.25, 0.3) is 6.08 Å². The predicted molar refractivity (Wildman–Crippen MR) is 62.7 cm³/mol. The zero-order chi connectivity index (χ0) is 10.5. The highest BCUT2D eigenvalue weighted by molar-refractivity contribution is 5.50. The largest absolute Gasteiger partial charge is 0.493 e. The van der Waals surface area contributed by atoms with Crippen LogP contribution < -0.4 is 10.5 Å². The smallest absolute Gasteiger partial charge is 0.119 e. The summed E-state index contributed by atoms with van der Waals surface area (Å²) in [4.78, 5) is 0. The van der Waals surface area contributed by atoms with Gasteiger partial charge in [0.15, 0.2) is 0 Å². The van der Waals surface area contributed by atoms with Crippen LogP contribution in [-0.2, 0) is 0 Å². The SMILES string of the molecule is NC/C=C/c1ccc(OCC2CC2)cc1. The minimum atomic E-state index is 0.583. The van der Waals surface area contributed by atoms with Gasteiger partial charge in [-0.25, -0.2) is 0 Å². The molecule has 1 fully saturated rings. The number of hydrogen-bond donors (Lipinski definition) is 1. The molecule has 1 aliphatic rings. The van der Waals surface area contributed by atoms with Gasteiger partial charge < -0.3 is 10.5 Å². The normalized spacial score (nSPS) is 15.8. The van der Waals surface area contributed by atoms with Crippen molar-refractivity contribution in [2.75, 3.05) is 13.2 Å². The molecular formula is C13H17NO. The van der Waals surface area contributed by atoms with Gasteiger partial charge in [-0.15, -0.1) is 0 Å². The summed E-state index contributed by atoms with van der Waals surface area (Å²) in [6.45, 7) is 1.46. The molecule has 1 aromatic carbocycles. The fourth-order valence-electron chi connectivity index (χ4n) is 1.38. The zero-order valence-electron chi connectivity index (χ0n) is 8.86. The third-order valence-electron chi connectivity index (χ3n) is 2.51. The maximum atomic E-state index is 5.64. The standard InChI is InChI=1S/C13H17NO/c14-9-1-2-11-5-7-13(8-6-11)15-10-12-3-4-12/h1-2,5-8,12H,3-4,9-10,14H2/b2-1+. The first-order valence-corrected chi connectivity index (χ1v) is 5.48. The Morgan fingerprint density at radius 2 is 2.00 bits per heavy atom. The Labute approximate surface area is 90.7 Å². The van der Waals surface area contributed by atoms with Crippen molar-refractivity contribution in [1.29, 1.82) is 0 Å². The lowest BCUT2D eigenvalue weighted by atomic mass is 10.2. The summed E-state index contributed by atoms with van der Waals surface area (Å²) in [5, 5.41) is 0. The Kier molecular flexibility index (Phi) is 3.41. The van der Waals surface area contributed by atoms with Gasteiger partial charge >= 0.3 is 0 Å². The first kappa shape index (κ1) is 10.2. The van der Waals surface area contributed by atoms with Crippen LogP contribution in [0.15, 0.2) is 30.3 Å². The van der Waals surface area contributed by atoms with Crippen LogP contribution in [0.4, 0.5) is 0 Å². The van der Waals surface area contributed by atoms with Crippen LogP contribution >= 0.6 is 0 Å². The number of benzene rings is 1. The van der Waals surface area contributed by atoms with Crippen LogP contribution in [0.5, 0.6) is 5.75 Å². The van der Waals surface area contributed by atoms with Crippen LogP contribution in [0.2, 0.25) is 0 Å². The Morgan fingerprint density at radius 1 is 1.27 bits per heavy atom. The average Bonchev–Trinajstić information content (AvgIpc) is 3.09. The lowest BCUT2D eigenvalue weighted by molar-refractivity contribution is 0.300. The molecule has 0 spiro atoms. The van der Waals surface area contributed by atoms with Gasteiger partial charge in [0.05, 0.1) is 6.61 Å². The van der Waals surface area contributed by atoms with E-state index < -0.39 is 0 Å². The van der Waals surface area contributed by atoms with Gasteiger partial charge in [0, 0.05) is 6.54 Å². The highest BCUT2D eigenvalue weighted by atomic mass is 16.5. The molecule has 15 heavy (non-hydrogen) atoms. The van der Waals surface area contributed by atoms with E-state index in [0.717, 1.165) is 18.3 Å². The Bertz CT molecular complexity index is 325. The number of rotatable bonds is 5. The number of ether oxygens (including phenoxy) is 1. The Morgan fingerprint density at radius 3 is 2.60 bits per heavy atom. The molecule has 0 bridgehead atoms. The van der Waals surface area contributed by atoms with Crippen molar-refractivity contribution >= 4 is 6.08 Å². The molecule has 0 heterocycles. The van der Waals surface area contributed by atoms with Crippen molar-refractivity contribution in [1.82, 2.24) is 0 Å². The molecule has 0 radical (unpaired) electrons. The van der Waals surface area contributed by atoms with Crippen LogP contribution in [0.1, 0.15) is 18.4 Å². The molecule has 0 amide bonds. The molecule has 1 aliphatic carbocycles. The van der Waals surface area contributed by atoms with E-state index in [9.17, 15) is 0 Å². The van der Waals surface area contributed by atoms with Crippen LogP contribution in [-0.4, -0.2) is 13.2 Å². The highest BCUT2D eigenvalue weighted by Gasteiger charge is 2.21. The molecule has 1 aromatic rings. The summed E-state index contributed by atoms with van der Waals surface area (Å²) in [5.74, 6) is 1.77. The summed E-state index contributed by atoms with van der Waals surface area (Å²) >= 11 is 0. The summed E-state index contributed by atoms with van der Waals surface area (Å²) in [7, 11) is 0. The lowest BCUT2D eigenvalue weighted by Gasteiger charge is -2.04. The summed E-state index contributed by atoms with van der Waals surface area (Å²) < 4.78 is 5.64. The third-order valence-corrected chi connectivity index (χ3v) is 2.51. The minimum absolute atomic E-state index is 0.583. The molecule has 2 N–H and O–H groups in total. The second kappa shape index (κ2) is 4.99. The molecule has 2 heteroatoms. The third kappa shape index (κ3) is 3.40. The maximum absolute atomic E-state index is 5.64. The molecule has 2 rings (SSSR count). The van der Waals surface area contributed by atoms with Gasteiger partial charge in [-0.2, -0.15) is 0 Å². The van der Waals surface area contributed by atoms with Crippen LogP contribution in [0.3, 0.4) is 0 Å². The Hall–Kier alpha value is -1.28. The fourth-order valence-corrected chi connectivity index (χ4v) is 1.38. The molecule has 1 saturated carbocycles. The van der Waals surface area contributed by atoms with E-state index in [2.05, 4.69) is 0 Å². The van der Waals surface area contributed by atoms with Gasteiger partial charge in [-0.3, -0.25) is 0 Å². The molecular weight excluding hydrogens is 186 g/mol. The first-order chi connectivity index (χ1) is 7.38. The van der Waals surface area contributed by atoms with Gasteiger partial charge in [-0.1, -0.05) is 24.3 Å². The van der Waals surface area contributed by atoms with Gasteiger partial charge in [0.25, 0.3) is 0 Å². The zero-order valence-corrected chi connectivity index (χ0v) is 8.86. The van der Waals surface area contributed by atoms with Crippen molar-refractivity contribution in [3.63, 3.8) is 0 Å². The van der Waals surface area contributed by atoms with E-state index in [0.29, 0.717) is 6.54 Å². The molecule has 0 unspecified atom stereocenters. The monoisotopic (exact) mass is 203 g/mol. The summed E-state index contributed by atoms with van der Waals surface area (Å²) in [6.07, 6.45) is 6.62. The van der Waals surface area contributed by atoms with E-state index in [1.165, 1.54) is 18.4 Å². The Balaban J connectivity index is 1.87. The average molecular weight is 203 g/mol. The van der Waals surface area contributed by atoms with Crippen LogP contribution in [0, 0.1) is 5.92 Å². The molecule has 80 valence electrons. The lowest BCUT2D eigenvalue weighted by Crippen LogP contribution is -1.98. The molecule has 0 saturated heterocycles. The number of nitrogens with two attached hydrogens (primary N) is 1. The summed E-state index contributed by atoms with van der Waals surface area (Å²) in [6, 6.07) is 8.12. The minimum Gasteiger partial charge on any atom is -0.493 e. The molecule has 0 aromatic heterocycles. The maximum Gasteiger partial charge on any atom is 0.119 e. The fraction of sp³-hybridized carbons (Fsp3) is 0.385. The second-order valence-corrected chi connectivity index (χ2v) is 3.96. The highest BCUT2D eigenvalue weighted by Crippen LogP contribution is 2.29. The quantitative estimate of drug-likeness (QED) is 0.797. The van der Waals surface area contributed by atoms with Gasteiger partial charge in [0.2, 0.25) is 0 Å². The topological polar surface area (TPSA) is 35.2 Å². The van der Waals surface area contributed by atoms with Crippen molar-refractivity contribution < 1.29 is 4.74 Å². The van der Waals surface area contributed by atoms with Crippen molar-refractivity contribution in [3.8, 4) is 5.75 Å². The van der Waals surface area contributed by atoms with E-state index in [-0.39, 0.29) is 0 Å². The van der Waals surface area contributed by atoms with E-state index in [1.807, 2.05) is 36.4 Å². The van der Waals surface area contributed by atoms with E-state index in [1.54, 1.807) is 0 Å². The van der Waals surface area contributed by atoms with Crippen molar-refractivity contribution in [3.05, 3.63) is 35.9 Å². The second-order valence-electron chi connectivity index (χ2n) is 3.96.